The first-order valence-electron chi connectivity index (χ1n) is 5.97. The molecule has 0 aliphatic carbocycles. The van der Waals surface area contributed by atoms with Crippen LogP contribution in [0.25, 0.3) is 10.2 Å². The van der Waals surface area contributed by atoms with E-state index in [1.807, 2.05) is 11.6 Å². The second-order valence-electron chi connectivity index (χ2n) is 4.94. The highest BCUT2D eigenvalue weighted by Crippen LogP contribution is 2.37. The summed E-state index contributed by atoms with van der Waals surface area (Å²) in [4.78, 5) is 14.1. The fourth-order valence-electron chi connectivity index (χ4n) is 2.68. The summed E-state index contributed by atoms with van der Waals surface area (Å²) in [6, 6.07) is 2.17. The first kappa shape index (κ1) is 10.8. The lowest BCUT2D eigenvalue weighted by Crippen LogP contribution is -2.38. The molecular weight excluding hydrogens is 232 g/mol. The Morgan fingerprint density at radius 2 is 2.18 bits per heavy atom. The van der Waals surface area contributed by atoms with Gasteiger partial charge in [-0.1, -0.05) is 13.8 Å². The van der Waals surface area contributed by atoms with Crippen LogP contribution in [-0.4, -0.2) is 29.1 Å². The quantitative estimate of drug-likeness (QED) is 0.760. The average molecular weight is 248 g/mol. The summed E-state index contributed by atoms with van der Waals surface area (Å²) in [7, 11) is 1.87. The van der Waals surface area contributed by atoms with Gasteiger partial charge >= 0.3 is 6.03 Å². The number of aromatic nitrogens is 1. The van der Waals surface area contributed by atoms with E-state index in [-0.39, 0.29) is 6.03 Å². The van der Waals surface area contributed by atoms with Crippen LogP contribution < -0.4 is 0 Å². The van der Waals surface area contributed by atoms with Crippen molar-refractivity contribution in [2.75, 3.05) is 13.6 Å². The molecule has 0 bridgehead atoms. The van der Waals surface area contributed by atoms with Crippen molar-refractivity contribution in [3.8, 4) is 0 Å². The maximum absolute atomic E-state index is 12.3. The number of thiophene rings is 1. The fraction of sp³-hybridized carbons (Fsp3) is 0.462. The Balaban J connectivity index is 2.36. The molecule has 0 aromatic carbocycles. The van der Waals surface area contributed by atoms with Crippen LogP contribution in [0, 0.1) is 0 Å². The third-order valence-electron chi connectivity index (χ3n) is 3.49. The Labute approximate surface area is 105 Å². The molecule has 0 fully saturated rings. The fourth-order valence-corrected chi connectivity index (χ4v) is 3.77. The van der Waals surface area contributed by atoms with E-state index < -0.39 is 0 Å². The number of likely N-dealkylation sites (N-methyl/N-ethyl adjacent to an activating group) is 1. The van der Waals surface area contributed by atoms with E-state index in [2.05, 4.69) is 25.3 Å². The van der Waals surface area contributed by atoms with Crippen molar-refractivity contribution in [2.24, 2.45) is 0 Å². The van der Waals surface area contributed by atoms with Gasteiger partial charge in [0.1, 0.15) is 0 Å². The molecule has 0 unspecified atom stereocenters. The summed E-state index contributed by atoms with van der Waals surface area (Å²) >= 11 is 1.75. The summed E-state index contributed by atoms with van der Waals surface area (Å²) in [5.41, 5.74) is 3.69. The second kappa shape index (κ2) is 3.60. The molecule has 2 aromatic rings. The zero-order valence-corrected chi connectivity index (χ0v) is 11.2. The summed E-state index contributed by atoms with van der Waals surface area (Å²) in [6.07, 6.45) is 0.969. The van der Waals surface area contributed by atoms with Crippen molar-refractivity contribution >= 4 is 27.6 Å². The van der Waals surface area contributed by atoms with Gasteiger partial charge in [-0.2, -0.15) is 0 Å². The molecule has 0 saturated heterocycles. The highest BCUT2D eigenvalue weighted by atomic mass is 32.1. The Morgan fingerprint density at radius 3 is 2.88 bits per heavy atom. The number of nitrogens with zero attached hydrogens (tertiary/aromatic N) is 2. The molecule has 3 rings (SSSR count). The van der Waals surface area contributed by atoms with E-state index in [0.717, 1.165) is 18.5 Å². The molecule has 17 heavy (non-hydrogen) atoms. The number of carbonyl (C=O) groups excluding carboxylic acids is 1. The summed E-state index contributed by atoms with van der Waals surface area (Å²) in [5.74, 6) is 0.476. The average Bonchev–Trinajstić information content (AvgIpc) is 2.81. The minimum absolute atomic E-state index is 0.113. The van der Waals surface area contributed by atoms with Gasteiger partial charge in [-0.3, -0.25) is 4.57 Å². The molecule has 2 aromatic heterocycles. The topological polar surface area (TPSA) is 25.2 Å². The number of hydrogen-bond donors (Lipinski definition) is 0. The van der Waals surface area contributed by atoms with Crippen molar-refractivity contribution in [2.45, 2.75) is 26.2 Å². The van der Waals surface area contributed by atoms with Crippen molar-refractivity contribution in [3.05, 3.63) is 22.7 Å². The van der Waals surface area contributed by atoms with Crippen LogP contribution in [-0.2, 0) is 6.42 Å². The van der Waals surface area contributed by atoms with Gasteiger partial charge in [-0.25, -0.2) is 4.79 Å². The van der Waals surface area contributed by atoms with Crippen LogP contribution in [0.1, 0.15) is 31.0 Å². The lowest BCUT2D eigenvalue weighted by molar-refractivity contribution is 0.205. The van der Waals surface area contributed by atoms with E-state index in [1.165, 1.54) is 16.0 Å². The van der Waals surface area contributed by atoms with Gasteiger partial charge in [0.15, 0.2) is 0 Å². The van der Waals surface area contributed by atoms with E-state index in [1.54, 1.807) is 16.2 Å². The van der Waals surface area contributed by atoms with E-state index >= 15 is 0 Å². The molecule has 0 spiro atoms. The zero-order valence-electron chi connectivity index (χ0n) is 10.4. The van der Waals surface area contributed by atoms with Gasteiger partial charge in [0.2, 0.25) is 0 Å². The molecule has 0 radical (unpaired) electrons. The summed E-state index contributed by atoms with van der Waals surface area (Å²) < 4.78 is 3.20. The summed E-state index contributed by atoms with van der Waals surface area (Å²) in [5, 5.41) is 2.08. The van der Waals surface area contributed by atoms with Gasteiger partial charge < -0.3 is 4.90 Å². The molecule has 3 heterocycles. The minimum Gasteiger partial charge on any atom is -0.327 e. The van der Waals surface area contributed by atoms with Crippen molar-refractivity contribution in [3.63, 3.8) is 0 Å². The van der Waals surface area contributed by atoms with Crippen molar-refractivity contribution in [1.29, 1.82) is 0 Å². The smallest absolute Gasteiger partial charge is 0.327 e. The summed E-state index contributed by atoms with van der Waals surface area (Å²) in [6.45, 7) is 5.24. The van der Waals surface area contributed by atoms with Crippen molar-refractivity contribution < 1.29 is 4.79 Å². The van der Waals surface area contributed by atoms with E-state index in [0.29, 0.717) is 5.92 Å². The number of rotatable bonds is 1. The Kier molecular flexibility index (Phi) is 2.30. The Bertz CT molecular complexity index is 594. The SMILES string of the molecule is CC(C)c1c2n(c3ccsc13)C(=O)N(C)CC2. The molecular formula is C13H16N2OS. The minimum atomic E-state index is 0.113. The number of hydrogen-bond acceptors (Lipinski definition) is 2. The highest BCUT2D eigenvalue weighted by molar-refractivity contribution is 7.17. The first-order valence-corrected chi connectivity index (χ1v) is 6.85. The Hall–Kier alpha value is -1.29. The van der Waals surface area contributed by atoms with Gasteiger partial charge in [0, 0.05) is 25.7 Å². The molecule has 0 atom stereocenters. The van der Waals surface area contributed by atoms with Crippen LogP contribution in [0.3, 0.4) is 0 Å². The number of carbonyl (C=O) groups is 1. The Morgan fingerprint density at radius 1 is 1.41 bits per heavy atom. The number of amides is 1. The van der Waals surface area contributed by atoms with Crippen LogP contribution >= 0.6 is 11.3 Å². The molecule has 0 N–H and O–H groups in total. The monoisotopic (exact) mass is 248 g/mol. The molecule has 90 valence electrons. The highest BCUT2D eigenvalue weighted by Gasteiger charge is 2.28. The maximum atomic E-state index is 12.3. The molecule has 1 aliphatic heterocycles. The van der Waals surface area contributed by atoms with Crippen LogP contribution in [0.5, 0.6) is 0 Å². The number of fused-ring (bicyclic) bond motifs is 3. The van der Waals surface area contributed by atoms with Crippen LogP contribution in [0.2, 0.25) is 0 Å². The van der Waals surface area contributed by atoms with Gasteiger partial charge in [0.25, 0.3) is 0 Å². The molecule has 0 saturated carbocycles. The van der Waals surface area contributed by atoms with E-state index in [4.69, 9.17) is 0 Å². The lowest BCUT2D eigenvalue weighted by Gasteiger charge is -2.26. The van der Waals surface area contributed by atoms with Gasteiger partial charge in [-0.05, 0) is 22.9 Å². The van der Waals surface area contributed by atoms with Crippen LogP contribution in [0.4, 0.5) is 4.79 Å². The molecule has 3 nitrogen and oxygen atoms in total. The predicted octanol–water partition coefficient (Wildman–Crippen LogP) is 3.28. The first-order chi connectivity index (χ1) is 8.11. The standard InChI is InChI=1S/C13H16N2OS/c1-8(2)11-9-4-6-14(3)13(16)15(9)10-5-7-17-12(10)11/h5,7-8H,4,6H2,1-3H3. The zero-order chi connectivity index (χ0) is 12.2. The van der Waals surface area contributed by atoms with Crippen LogP contribution in [0.15, 0.2) is 11.4 Å². The second-order valence-corrected chi connectivity index (χ2v) is 5.86. The van der Waals surface area contributed by atoms with Crippen molar-refractivity contribution in [1.82, 2.24) is 9.47 Å². The third kappa shape index (κ3) is 1.37. The molecule has 4 heteroatoms. The molecule has 1 amide bonds. The maximum Gasteiger partial charge on any atom is 0.328 e. The lowest BCUT2D eigenvalue weighted by atomic mass is 10.0. The largest absolute Gasteiger partial charge is 0.328 e. The van der Waals surface area contributed by atoms with E-state index in [9.17, 15) is 4.79 Å². The van der Waals surface area contributed by atoms with Gasteiger partial charge in [-0.15, -0.1) is 11.3 Å². The predicted molar refractivity (Wildman–Crippen MR) is 71.0 cm³/mol. The molecule has 1 aliphatic rings. The normalized spacial score (nSPS) is 16.0. The third-order valence-corrected chi connectivity index (χ3v) is 4.43. The van der Waals surface area contributed by atoms with Gasteiger partial charge in [0.05, 0.1) is 10.2 Å².